The summed E-state index contributed by atoms with van der Waals surface area (Å²) < 4.78 is 34.7. The number of hydrogen-bond acceptors (Lipinski definition) is 7. The van der Waals surface area contributed by atoms with Crippen LogP contribution in [0.5, 0.6) is 0 Å². The minimum atomic E-state index is -3.68. The zero-order valence-corrected chi connectivity index (χ0v) is 24.5. The zero-order valence-electron chi connectivity index (χ0n) is 23.6. The highest BCUT2D eigenvalue weighted by Crippen LogP contribution is 2.32. The van der Waals surface area contributed by atoms with E-state index < -0.39 is 21.8 Å². The second-order valence-corrected chi connectivity index (χ2v) is 12.5. The fraction of sp³-hybridized carbons (Fsp3) is 0.290. The van der Waals surface area contributed by atoms with E-state index >= 15 is 0 Å². The Labute approximate surface area is 245 Å². The summed E-state index contributed by atoms with van der Waals surface area (Å²) >= 11 is 0. The number of carbonyl (C=O) groups is 2. The van der Waals surface area contributed by atoms with Crippen molar-refractivity contribution in [1.82, 2.24) is 19.0 Å². The first-order chi connectivity index (χ1) is 20.1. The Bertz CT molecular complexity index is 1730. The van der Waals surface area contributed by atoms with E-state index in [9.17, 15) is 23.3 Å². The molecule has 0 radical (unpaired) electrons. The fourth-order valence-electron chi connectivity index (χ4n) is 4.97. The Morgan fingerprint density at radius 1 is 1.02 bits per heavy atom. The highest BCUT2D eigenvalue weighted by molar-refractivity contribution is 7.89. The Hall–Kier alpha value is -4.37. The van der Waals surface area contributed by atoms with Crippen molar-refractivity contribution in [2.24, 2.45) is 5.92 Å². The van der Waals surface area contributed by atoms with Crippen molar-refractivity contribution in [1.29, 1.82) is 5.26 Å². The normalized spacial score (nSPS) is 17.8. The molecule has 2 aliphatic rings. The third-order valence-corrected chi connectivity index (χ3v) is 9.08. The van der Waals surface area contributed by atoms with Gasteiger partial charge in [-0.25, -0.2) is 13.1 Å². The van der Waals surface area contributed by atoms with E-state index in [4.69, 9.17) is 9.84 Å². The molecule has 1 saturated heterocycles. The molecule has 42 heavy (non-hydrogen) atoms. The molecule has 10 nitrogen and oxygen atoms in total. The number of amides is 2. The van der Waals surface area contributed by atoms with Crippen molar-refractivity contribution >= 4 is 27.9 Å². The lowest BCUT2D eigenvalue weighted by Crippen LogP contribution is -2.44. The van der Waals surface area contributed by atoms with Crippen molar-refractivity contribution in [3.63, 3.8) is 0 Å². The monoisotopic (exact) mass is 585 g/mol. The molecule has 0 atom stereocenters. The van der Waals surface area contributed by atoms with Gasteiger partial charge >= 0.3 is 0 Å². The number of rotatable bonds is 7. The molecule has 0 unspecified atom stereocenters. The van der Waals surface area contributed by atoms with Crippen LogP contribution in [0, 0.1) is 17.2 Å². The van der Waals surface area contributed by atoms with Gasteiger partial charge in [-0.05, 0) is 48.8 Å². The van der Waals surface area contributed by atoms with E-state index in [1.807, 2.05) is 50.2 Å². The summed E-state index contributed by atoms with van der Waals surface area (Å²) in [5.41, 5.74) is 2.96. The van der Waals surface area contributed by atoms with E-state index in [0.29, 0.717) is 48.7 Å². The van der Waals surface area contributed by atoms with Gasteiger partial charge in [0, 0.05) is 42.5 Å². The lowest BCUT2D eigenvalue weighted by atomic mass is 9.92. The van der Waals surface area contributed by atoms with Gasteiger partial charge in [0.2, 0.25) is 10.0 Å². The smallest absolute Gasteiger partial charge is 0.271 e. The van der Waals surface area contributed by atoms with Crippen molar-refractivity contribution in [3.8, 4) is 23.0 Å². The number of aromatic nitrogens is 2. The standard InChI is InChI=1S/C31H31N5O5S/c1-21(2)19-35-30(37)27(22(3)28(18-32)31(35)38)17-24-20-36(25-7-5-4-6-8-25)33-29(24)23-9-11-26(12-10-23)42(39,40)34-13-15-41-16-14-34/h4-12,17,20-21H,13-16,19H2,1-3H3/b27-17+. The summed E-state index contributed by atoms with van der Waals surface area (Å²) in [4.78, 5) is 27.8. The molecule has 3 heterocycles. The van der Waals surface area contributed by atoms with Crippen LogP contribution in [0.4, 0.5) is 0 Å². The molecule has 2 amide bonds. The maximum atomic E-state index is 13.6. The number of hydrogen-bond donors (Lipinski definition) is 0. The lowest BCUT2D eigenvalue weighted by Gasteiger charge is -2.28. The van der Waals surface area contributed by atoms with Crippen molar-refractivity contribution in [3.05, 3.63) is 83.1 Å². The van der Waals surface area contributed by atoms with E-state index in [-0.39, 0.29) is 28.5 Å². The summed E-state index contributed by atoms with van der Waals surface area (Å²) in [6, 6.07) is 17.9. The number of para-hydroxylation sites is 1. The fourth-order valence-corrected chi connectivity index (χ4v) is 6.38. The quantitative estimate of drug-likeness (QED) is 0.305. The number of sulfonamides is 1. The van der Waals surface area contributed by atoms with Gasteiger partial charge in [-0.1, -0.05) is 44.2 Å². The summed E-state index contributed by atoms with van der Waals surface area (Å²) in [6.45, 7) is 6.87. The Morgan fingerprint density at radius 3 is 2.31 bits per heavy atom. The van der Waals surface area contributed by atoms with Crippen LogP contribution in [0.25, 0.3) is 23.0 Å². The van der Waals surface area contributed by atoms with Crippen LogP contribution in [-0.4, -0.2) is 72.1 Å². The number of carbonyl (C=O) groups excluding carboxylic acids is 2. The molecule has 0 N–H and O–H groups in total. The van der Waals surface area contributed by atoms with Gasteiger partial charge in [-0.15, -0.1) is 0 Å². The first-order valence-electron chi connectivity index (χ1n) is 13.6. The van der Waals surface area contributed by atoms with Gasteiger partial charge < -0.3 is 4.74 Å². The van der Waals surface area contributed by atoms with Crippen LogP contribution in [0.3, 0.4) is 0 Å². The second-order valence-electron chi connectivity index (χ2n) is 10.5. The molecular weight excluding hydrogens is 554 g/mol. The van der Waals surface area contributed by atoms with E-state index in [2.05, 4.69) is 0 Å². The first kappa shape index (κ1) is 29.1. The van der Waals surface area contributed by atoms with Gasteiger partial charge in [0.1, 0.15) is 11.6 Å². The van der Waals surface area contributed by atoms with Gasteiger partial charge in [0.05, 0.1) is 29.5 Å². The summed E-state index contributed by atoms with van der Waals surface area (Å²) in [5, 5.41) is 14.5. The second kappa shape index (κ2) is 11.9. The van der Waals surface area contributed by atoms with Gasteiger partial charge in [0.25, 0.3) is 11.8 Å². The largest absolute Gasteiger partial charge is 0.379 e. The molecule has 3 aromatic rings. The molecule has 0 saturated carbocycles. The number of benzene rings is 2. The summed E-state index contributed by atoms with van der Waals surface area (Å²) in [7, 11) is -3.68. The van der Waals surface area contributed by atoms with Crippen molar-refractivity contribution < 1.29 is 22.7 Å². The molecular formula is C31H31N5O5S. The number of imide groups is 1. The Kier molecular flexibility index (Phi) is 8.22. The van der Waals surface area contributed by atoms with Gasteiger partial charge in [0.15, 0.2) is 0 Å². The number of ether oxygens (including phenoxy) is 1. The molecule has 1 aromatic heterocycles. The molecule has 11 heteroatoms. The summed E-state index contributed by atoms with van der Waals surface area (Å²) in [5.74, 6) is -1.06. The molecule has 216 valence electrons. The number of morpholine rings is 1. The SMILES string of the molecule is CC1=C(C#N)C(=O)N(CC(C)C)C(=O)/C1=C/c1cn(-c2ccccc2)nc1-c1ccc(S(=O)(=O)N2CCOCC2)cc1. The van der Waals surface area contributed by atoms with Crippen molar-refractivity contribution in [2.45, 2.75) is 25.7 Å². The molecule has 0 spiro atoms. The predicted molar refractivity (Wildman–Crippen MR) is 156 cm³/mol. The van der Waals surface area contributed by atoms with E-state index in [1.54, 1.807) is 48.1 Å². The van der Waals surface area contributed by atoms with Gasteiger partial charge in [-0.2, -0.15) is 14.7 Å². The maximum Gasteiger partial charge on any atom is 0.271 e. The van der Waals surface area contributed by atoms with Crippen LogP contribution in [0.2, 0.25) is 0 Å². The third kappa shape index (κ3) is 5.56. The zero-order chi connectivity index (χ0) is 30.0. The molecule has 5 rings (SSSR count). The van der Waals surface area contributed by atoms with Crippen molar-refractivity contribution in [2.75, 3.05) is 32.8 Å². The topological polar surface area (TPSA) is 126 Å². The summed E-state index contributed by atoms with van der Waals surface area (Å²) in [6.07, 6.45) is 3.42. The van der Waals surface area contributed by atoms with Gasteiger partial charge in [-0.3, -0.25) is 14.5 Å². The molecule has 0 bridgehead atoms. The molecule has 1 fully saturated rings. The third-order valence-electron chi connectivity index (χ3n) is 7.17. The van der Waals surface area contributed by atoms with E-state index in [1.165, 1.54) is 4.31 Å². The van der Waals surface area contributed by atoms with Crippen LogP contribution in [0.15, 0.2) is 82.4 Å². The maximum absolute atomic E-state index is 13.6. The lowest BCUT2D eigenvalue weighted by molar-refractivity contribution is -0.141. The van der Waals surface area contributed by atoms with E-state index in [0.717, 1.165) is 10.6 Å². The van der Waals surface area contributed by atoms with Crippen LogP contribution in [-0.2, 0) is 24.3 Å². The molecule has 2 aliphatic heterocycles. The first-order valence-corrected chi connectivity index (χ1v) is 15.1. The highest BCUT2D eigenvalue weighted by Gasteiger charge is 2.36. The van der Waals surface area contributed by atoms with Crippen LogP contribution >= 0.6 is 0 Å². The predicted octanol–water partition coefficient (Wildman–Crippen LogP) is 3.81. The number of nitrogens with zero attached hydrogens (tertiary/aromatic N) is 5. The number of nitriles is 1. The average molecular weight is 586 g/mol. The molecule has 2 aromatic carbocycles. The minimum absolute atomic E-state index is 0.0150. The minimum Gasteiger partial charge on any atom is -0.379 e. The van der Waals surface area contributed by atoms with Crippen LogP contribution < -0.4 is 0 Å². The molecule has 0 aliphatic carbocycles. The Morgan fingerprint density at radius 2 is 1.69 bits per heavy atom. The Balaban J connectivity index is 1.61. The van der Waals surface area contributed by atoms with Crippen LogP contribution in [0.1, 0.15) is 26.3 Å². The average Bonchev–Trinajstić information content (AvgIpc) is 3.42. The highest BCUT2D eigenvalue weighted by atomic mass is 32.2.